The minimum absolute atomic E-state index is 0.118. The van der Waals surface area contributed by atoms with E-state index in [4.69, 9.17) is 0 Å². The molecular formula is C20H21N5O2S. The van der Waals surface area contributed by atoms with Crippen molar-refractivity contribution in [3.8, 4) is 11.4 Å². The van der Waals surface area contributed by atoms with Gasteiger partial charge in [0.1, 0.15) is 0 Å². The minimum atomic E-state index is -0.138. The maximum Gasteiger partial charge on any atom is 0.234 e. The smallest absolute Gasteiger partial charge is 0.234 e. The van der Waals surface area contributed by atoms with E-state index < -0.39 is 0 Å². The number of aryl methyl sites for hydroxylation is 2. The standard InChI is InChI=1S/C20H21N5O2S/c1-12-7-8-17(9-13(12)2)22-18(27)11-28-20-23-19(24-25-20)15-5-4-6-16(10-15)21-14(3)26/h4-10H,11H2,1-3H3,(H,21,26)(H,22,27)(H,23,24,25). The van der Waals surface area contributed by atoms with Crippen molar-refractivity contribution in [2.75, 3.05) is 16.4 Å². The van der Waals surface area contributed by atoms with E-state index in [0.29, 0.717) is 16.7 Å². The van der Waals surface area contributed by atoms with E-state index in [2.05, 4.69) is 25.8 Å². The Hall–Kier alpha value is -3.13. The highest BCUT2D eigenvalue weighted by Crippen LogP contribution is 2.22. The van der Waals surface area contributed by atoms with Crippen LogP contribution in [0.15, 0.2) is 47.6 Å². The van der Waals surface area contributed by atoms with Crippen LogP contribution in [0.25, 0.3) is 11.4 Å². The molecule has 8 heteroatoms. The van der Waals surface area contributed by atoms with Crippen LogP contribution < -0.4 is 10.6 Å². The van der Waals surface area contributed by atoms with Gasteiger partial charge in [0, 0.05) is 23.9 Å². The molecule has 1 heterocycles. The largest absolute Gasteiger partial charge is 0.326 e. The van der Waals surface area contributed by atoms with Crippen molar-refractivity contribution in [1.29, 1.82) is 0 Å². The number of benzene rings is 2. The van der Waals surface area contributed by atoms with Gasteiger partial charge in [-0.25, -0.2) is 4.98 Å². The fraction of sp³-hybridized carbons (Fsp3) is 0.200. The third-order valence-electron chi connectivity index (χ3n) is 4.04. The summed E-state index contributed by atoms with van der Waals surface area (Å²) < 4.78 is 0. The molecular weight excluding hydrogens is 374 g/mol. The van der Waals surface area contributed by atoms with Crippen molar-refractivity contribution < 1.29 is 9.59 Å². The van der Waals surface area contributed by atoms with Crippen LogP contribution in [-0.2, 0) is 9.59 Å². The average molecular weight is 395 g/mol. The van der Waals surface area contributed by atoms with Gasteiger partial charge in [0.15, 0.2) is 5.82 Å². The Morgan fingerprint density at radius 1 is 1.04 bits per heavy atom. The zero-order chi connectivity index (χ0) is 20.1. The first-order valence-electron chi connectivity index (χ1n) is 8.71. The van der Waals surface area contributed by atoms with E-state index >= 15 is 0 Å². The number of amides is 2. The number of nitrogens with one attached hydrogen (secondary N) is 3. The van der Waals surface area contributed by atoms with Gasteiger partial charge in [0.05, 0.1) is 5.75 Å². The zero-order valence-corrected chi connectivity index (χ0v) is 16.7. The maximum atomic E-state index is 12.2. The topological polar surface area (TPSA) is 99.8 Å². The van der Waals surface area contributed by atoms with E-state index in [9.17, 15) is 9.59 Å². The van der Waals surface area contributed by atoms with Gasteiger partial charge in [0.2, 0.25) is 17.0 Å². The number of aromatic amines is 1. The summed E-state index contributed by atoms with van der Waals surface area (Å²) in [4.78, 5) is 27.8. The van der Waals surface area contributed by atoms with Crippen LogP contribution in [0.3, 0.4) is 0 Å². The molecule has 3 N–H and O–H groups in total. The lowest BCUT2D eigenvalue weighted by Gasteiger charge is -2.06. The number of thioether (sulfide) groups is 1. The predicted octanol–water partition coefficient (Wildman–Crippen LogP) is 3.78. The Morgan fingerprint density at radius 2 is 1.82 bits per heavy atom. The van der Waals surface area contributed by atoms with Gasteiger partial charge in [0.25, 0.3) is 0 Å². The summed E-state index contributed by atoms with van der Waals surface area (Å²) in [5.41, 5.74) is 4.57. The van der Waals surface area contributed by atoms with Gasteiger partial charge in [-0.05, 0) is 49.2 Å². The number of rotatable bonds is 6. The fourth-order valence-electron chi connectivity index (χ4n) is 2.53. The normalized spacial score (nSPS) is 10.5. The van der Waals surface area contributed by atoms with Crippen LogP contribution in [0.2, 0.25) is 0 Å². The second-order valence-electron chi connectivity index (χ2n) is 6.36. The zero-order valence-electron chi connectivity index (χ0n) is 15.9. The fourth-order valence-corrected chi connectivity index (χ4v) is 3.13. The van der Waals surface area contributed by atoms with Gasteiger partial charge in [-0.15, -0.1) is 5.10 Å². The van der Waals surface area contributed by atoms with Crippen molar-refractivity contribution in [2.24, 2.45) is 0 Å². The summed E-state index contributed by atoms with van der Waals surface area (Å²) in [6.07, 6.45) is 0. The molecule has 1 aromatic heterocycles. The quantitative estimate of drug-likeness (QED) is 0.552. The molecule has 0 fully saturated rings. The number of hydrogen-bond acceptors (Lipinski definition) is 5. The third-order valence-corrected chi connectivity index (χ3v) is 4.89. The molecule has 0 unspecified atom stereocenters. The van der Waals surface area contributed by atoms with Gasteiger partial charge in [-0.2, -0.15) is 0 Å². The monoisotopic (exact) mass is 395 g/mol. The molecule has 0 saturated heterocycles. The third kappa shape index (κ3) is 5.20. The molecule has 0 aliphatic rings. The molecule has 0 radical (unpaired) electrons. The summed E-state index contributed by atoms with van der Waals surface area (Å²) in [5, 5.41) is 13.1. The van der Waals surface area contributed by atoms with Crippen molar-refractivity contribution in [3.63, 3.8) is 0 Å². The van der Waals surface area contributed by atoms with E-state index in [1.807, 2.05) is 50.2 Å². The van der Waals surface area contributed by atoms with Crippen molar-refractivity contribution in [2.45, 2.75) is 25.9 Å². The van der Waals surface area contributed by atoms with Gasteiger partial charge in [-0.1, -0.05) is 30.0 Å². The molecule has 0 aliphatic heterocycles. The molecule has 2 aromatic carbocycles. The first kappa shape index (κ1) is 19.6. The Morgan fingerprint density at radius 3 is 2.57 bits per heavy atom. The highest BCUT2D eigenvalue weighted by Gasteiger charge is 2.10. The van der Waals surface area contributed by atoms with Crippen molar-refractivity contribution in [3.05, 3.63) is 53.6 Å². The van der Waals surface area contributed by atoms with Crippen molar-refractivity contribution in [1.82, 2.24) is 15.2 Å². The first-order chi connectivity index (χ1) is 13.4. The van der Waals surface area contributed by atoms with Crippen LogP contribution in [-0.4, -0.2) is 32.7 Å². The molecule has 0 saturated carbocycles. The summed E-state index contributed by atoms with van der Waals surface area (Å²) >= 11 is 1.25. The summed E-state index contributed by atoms with van der Waals surface area (Å²) in [6, 6.07) is 13.1. The molecule has 2 amide bonds. The molecule has 0 spiro atoms. The highest BCUT2D eigenvalue weighted by molar-refractivity contribution is 7.99. The van der Waals surface area contributed by atoms with E-state index in [1.54, 1.807) is 6.07 Å². The molecule has 0 bridgehead atoms. The van der Waals surface area contributed by atoms with Crippen LogP contribution >= 0.6 is 11.8 Å². The second kappa shape index (κ2) is 8.71. The summed E-state index contributed by atoms with van der Waals surface area (Å²) in [5.74, 6) is 0.521. The Kier molecular flexibility index (Phi) is 6.10. The Labute approximate surface area is 167 Å². The molecule has 3 rings (SSSR count). The Bertz CT molecular complexity index is 1020. The lowest BCUT2D eigenvalue weighted by molar-refractivity contribution is -0.114. The number of carbonyl (C=O) groups is 2. The molecule has 7 nitrogen and oxygen atoms in total. The number of aromatic nitrogens is 3. The lowest BCUT2D eigenvalue weighted by atomic mass is 10.1. The van der Waals surface area contributed by atoms with Crippen molar-refractivity contribution >= 4 is 35.0 Å². The highest BCUT2D eigenvalue weighted by atomic mass is 32.2. The summed E-state index contributed by atoms with van der Waals surface area (Å²) in [7, 11) is 0. The second-order valence-corrected chi connectivity index (χ2v) is 7.31. The number of H-pyrrole nitrogens is 1. The average Bonchev–Trinajstić information content (AvgIpc) is 3.12. The van der Waals surface area contributed by atoms with Crippen LogP contribution in [0.1, 0.15) is 18.1 Å². The van der Waals surface area contributed by atoms with E-state index in [1.165, 1.54) is 24.2 Å². The SMILES string of the molecule is CC(=O)Nc1cccc(-c2nc(SCC(=O)Nc3ccc(C)c(C)c3)n[nH]2)c1. The Balaban J connectivity index is 1.59. The summed E-state index contributed by atoms with van der Waals surface area (Å²) in [6.45, 7) is 5.50. The molecule has 0 atom stereocenters. The van der Waals surface area contributed by atoms with Gasteiger partial charge >= 0.3 is 0 Å². The molecule has 3 aromatic rings. The molecule has 0 aliphatic carbocycles. The number of carbonyl (C=O) groups excluding carboxylic acids is 2. The first-order valence-corrected chi connectivity index (χ1v) is 9.69. The number of hydrogen-bond donors (Lipinski definition) is 3. The molecule has 28 heavy (non-hydrogen) atoms. The van der Waals surface area contributed by atoms with Crippen LogP contribution in [0, 0.1) is 13.8 Å². The molecule has 144 valence electrons. The minimum Gasteiger partial charge on any atom is -0.326 e. The van der Waals surface area contributed by atoms with Gasteiger partial charge in [-0.3, -0.25) is 14.7 Å². The predicted molar refractivity (Wildman–Crippen MR) is 111 cm³/mol. The maximum absolute atomic E-state index is 12.2. The van der Waals surface area contributed by atoms with E-state index in [-0.39, 0.29) is 17.6 Å². The van der Waals surface area contributed by atoms with Crippen LogP contribution in [0.5, 0.6) is 0 Å². The lowest BCUT2D eigenvalue weighted by Crippen LogP contribution is -2.14. The van der Waals surface area contributed by atoms with Crippen LogP contribution in [0.4, 0.5) is 11.4 Å². The van der Waals surface area contributed by atoms with E-state index in [0.717, 1.165) is 16.8 Å². The number of nitrogens with zero attached hydrogens (tertiary/aromatic N) is 2. The van der Waals surface area contributed by atoms with Gasteiger partial charge < -0.3 is 10.6 Å². The number of anilines is 2.